The molecule has 0 aliphatic carbocycles. The van der Waals surface area contributed by atoms with Crippen molar-refractivity contribution in [3.63, 3.8) is 0 Å². The summed E-state index contributed by atoms with van der Waals surface area (Å²) in [6.07, 6.45) is 4.34. The number of rotatable bonds is 5. The second-order valence-corrected chi connectivity index (χ2v) is 5.13. The largest absolute Gasteiger partial charge is 0.490 e. The van der Waals surface area contributed by atoms with Crippen LogP contribution in [0.1, 0.15) is 19.8 Å². The van der Waals surface area contributed by atoms with Gasteiger partial charge in [-0.15, -0.1) is 0 Å². The van der Waals surface area contributed by atoms with Gasteiger partial charge in [-0.1, -0.05) is 15.9 Å². The van der Waals surface area contributed by atoms with Crippen molar-refractivity contribution in [2.24, 2.45) is 5.92 Å². The molecule has 94 valence electrons. The molecule has 1 aliphatic heterocycles. The van der Waals surface area contributed by atoms with Crippen LogP contribution in [0.25, 0.3) is 0 Å². The molecule has 0 N–H and O–H groups in total. The first-order chi connectivity index (χ1) is 8.35. The zero-order valence-electron chi connectivity index (χ0n) is 10.2. The van der Waals surface area contributed by atoms with Crippen LogP contribution in [0.5, 0.6) is 5.75 Å². The maximum atomic E-state index is 5.63. The Balaban J connectivity index is 2.07. The van der Waals surface area contributed by atoms with E-state index in [1.54, 1.807) is 0 Å². The molecule has 0 amide bonds. The number of hydrogen-bond acceptors (Lipinski definition) is 3. The van der Waals surface area contributed by atoms with Gasteiger partial charge >= 0.3 is 0 Å². The Morgan fingerprint density at radius 2 is 2.47 bits per heavy atom. The van der Waals surface area contributed by atoms with Gasteiger partial charge in [0.25, 0.3) is 0 Å². The van der Waals surface area contributed by atoms with E-state index in [0.717, 1.165) is 35.9 Å². The number of anilines is 1. The summed E-state index contributed by atoms with van der Waals surface area (Å²) >= 11 is 3.52. The van der Waals surface area contributed by atoms with Crippen molar-refractivity contribution in [3.05, 3.63) is 18.3 Å². The molecule has 0 radical (unpaired) electrons. The summed E-state index contributed by atoms with van der Waals surface area (Å²) in [7, 11) is 0. The maximum absolute atomic E-state index is 5.63. The molecule has 0 aromatic carbocycles. The minimum atomic E-state index is 0.692. The Morgan fingerprint density at radius 1 is 1.59 bits per heavy atom. The van der Waals surface area contributed by atoms with Crippen molar-refractivity contribution in [2.45, 2.75) is 19.8 Å². The van der Waals surface area contributed by atoms with Crippen LogP contribution in [0, 0.1) is 5.92 Å². The Morgan fingerprint density at radius 3 is 3.24 bits per heavy atom. The van der Waals surface area contributed by atoms with E-state index in [4.69, 9.17) is 4.74 Å². The second-order valence-electron chi connectivity index (χ2n) is 4.34. The van der Waals surface area contributed by atoms with Crippen LogP contribution in [0.4, 0.5) is 5.82 Å². The fourth-order valence-corrected chi connectivity index (χ4v) is 2.95. The fraction of sp³-hybridized carbons (Fsp3) is 0.615. The summed E-state index contributed by atoms with van der Waals surface area (Å²) in [5.41, 5.74) is 0. The van der Waals surface area contributed by atoms with Gasteiger partial charge in [0, 0.05) is 24.6 Å². The van der Waals surface area contributed by atoms with Gasteiger partial charge in [0.05, 0.1) is 6.61 Å². The summed E-state index contributed by atoms with van der Waals surface area (Å²) in [4.78, 5) is 6.81. The maximum Gasteiger partial charge on any atom is 0.171 e. The Labute approximate surface area is 111 Å². The van der Waals surface area contributed by atoms with Gasteiger partial charge in [-0.05, 0) is 37.8 Å². The SMILES string of the molecule is CCOc1cccnc1N1CCC(CCBr)C1. The normalized spacial score (nSPS) is 19.6. The predicted octanol–water partition coefficient (Wildman–Crippen LogP) is 3.09. The monoisotopic (exact) mass is 298 g/mol. The molecule has 1 aliphatic rings. The van der Waals surface area contributed by atoms with Crippen molar-refractivity contribution < 1.29 is 4.74 Å². The van der Waals surface area contributed by atoms with Gasteiger partial charge in [0.15, 0.2) is 11.6 Å². The lowest BCUT2D eigenvalue weighted by Gasteiger charge is -2.20. The van der Waals surface area contributed by atoms with E-state index >= 15 is 0 Å². The molecule has 4 heteroatoms. The minimum Gasteiger partial charge on any atom is -0.490 e. The van der Waals surface area contributed by atoms with E-state index in [1.807, 2.05) is 25.3 Å². The predicted molar refractivity (Wildman–Crippen MR) is 74.1 cm³/mol. The average Bonchev–Trinajstić information content (AvgIpc) is 2.79. The first-order valence-corrected chi connectivity index (χ1v) is 7.36. The highest BCUT2D eigenvalue weighted by molar-refractivity contribution is 9.09. The molecule has 2 heterocycles. The molecule has 0 saturated carbocycles. The van der Waals surface area contributed by atoms with E-state index in [0.29, 0.717) is 6.61 Å². The summed E-state index contributed by atoms with van der Waals surface area (Å²) in [5, 5.41) is 1.09. The smallest absolute Gasteiger partial charge is 0.171 e. The highest BCUT2D eigenvalue weighted by atomic mass is 79.9. The molecule has 1 unspecified atom stereocenters. The van der Waals surface area contributed by atoms with Crippen LogP contribution in [0.3, 0.4) is 0 Å². The van der Waals surface area contributed by atoms with E-state index < -0.39 is 0 Å². The second kappa shape index (κ2) is 6.24. The lowest BCUT2D eigenvalue weighted by Crippen LogP contribution is -2.21. The molecular weight excluding hydrogens is 280 g/mol. The summed E-state index contributed by atoms with van der Waals surface area (Å²) in [6, 6.07) is 3.93. The summed E-state index contributed by atoms with van der Waals surface area (Å²) in [6.45, 7) is 4.89. The number of pyridine rings is 1. The van der Waals surface area contributed by atoms with Crippen LogP contribution in [-0.2, 0) is 0 Å². The zero-order chi connectivity index (χ0) is 12.1. The number of aromatic nitrogens is 1. The zero-order valence-corrected chi connectivity index (χ0v) is 11.8. The molecule has 1 aromatic rings. The van der Waals surface area contributed by atoms with Crippen LogP contribution in [0.15, 0.2) is 18.3 Å². The lowest BCUT2D eigenvalue weighted by molar-refractivity contribution is 0.339. The van der Waals surface area contributed by atoms with Crippen molar-refractivity contribution in [2.75, 3.05) is 29.9 Å². The number of nitrogens with zero attached hydrogens (tertiary/aromatic N) is 2. The highest BCUT2D eigenvalue weighted by Gasteiger charge is 2.24. The third kappa shape index (κ3) is 3.12. The van der Waals surface area contributed by atoms with Crippen LogP contribution in [-0.4, -0.2) is 30.0 Å². The van der Waals surface area contributed by atoms with Crippen LogP contribution < -0.4 is 9.64 Å². The third-order valence-electron chi connectivity index (χ3n) is 3.15. The van der Waals surface area contributed by atoms with Gasteiger partial charge in [-0.2, -0.15) is 0 Å². The van der Waals surface area contributed by atoms with E-state index in [-0.39, 0.29) is 0 Å². The number of alkyl halides is 1. The molecule has 0 spiro atoms. The number of ether oxygens (including phenoxy) is 1. The average molecular weight is 299 g/mol. The standard InChI is InChI=1S/C13H19BrN2O/c1-2-17-12-4-3-8-15-13(12)16-9-6-11(10-16)5-7-14/h3-4,8,11H,2,5-7,9-10H2,1H3. The quantitative estimate of drug-likeness (QED) is 0.781. The molecule has 1 fully saturated rings. The van der Waals surface area contributed by atoms with E-state index in [1.165, 1.54) is 12.8 Å². The fourth-order valence-electron chi connectivity index (χ4n) is 2.30. The molecule has 1 saturated heterocycles. The summed E-state index contributed by atoms with van der Waals surface area (Å²) in [5.74, 6) is 2.70. The number of halogens is 1. The molecule has 2 rings (SSSR count). The summed E-state index contributed by atoms with van der Waals surface area (Å²) < 4.78 is 5.63. The molecule has 0 bridgehead atoms. The van der Waals surface area contributed by atoms with Gasteiger partial charge in [-0.25, -0.2) is 4.98 Å². The van der Waals surface area contributed by atoms with Crippen molar-refractivity contribution in [1.29, 1.82) is 0 Å². The highest BCUT2D eigenvalue weighted by Crippen LogP contribution is 2.31. The molecule has 17 heavy (non-hydrogen) atoms. The van der Waals surface area contributed by atoms with Gasteiger partial charge in [0.2, 0.25) is 0 Å². The Hall–Kier alpha value is -0.770. The van der Waals surface area contributed by atoms with Crippen LogP contribution in [0.2, 0.25) is 0 Å². The molecule has 3 nitrogen and oxygen atoms in total. The van der Waals surface area contributed by atoms with Crippen molar-refractivity contribution in [3.8, 4) is 5.75 Å². The van der Waals surface area contributed by atoms with Crippen LogP contribution >= 0.6 is 15.9 Å². The minimum absolute atomic E-state index is 0.692. The first-order valence-electron chi connectivity index (χ1n) is 6.24. The van der Waals surface area contributed by atoms with Crippen molar-refractivity contribution in [1.82, 2.24) is 4.98 Å². The topological polar surface area (TPSA) is 25.4 Å². The van der Waals surface area contributed by atoms with Gasteiger partial charge in [0.1, 0.15) is 0 Å². The van der Waals surface area contributed by atoms with E-state index in [2.05, 4.69) is 25.8 Å². The number of hydrogen-bond donors (Lipinski definition) is 0. The van der Waals surface area contributed by atoms with Gasteiger partial charge < -0.3 is 9.64 Å². The van der Waals surface area contributed by atoms with Crippen molar-refractivity contribution >= 4 is 21.7 Å². The molecular formula is C13H19BrN2O. The Kier molecular flexibility index (Phi) is 4.66. The third-order valence-corrected chi connectivity index (χ3v) is 3.61. The first kappa shape index (κ1) is 12.7. The van der Waals surface area contributed by atoms with Gasteiger partial charge in [-0.3, -0.25) is 0 Å². The Bertz CT molecular complexity index is 359. The molecule has 1 aromatic heterocycles. The van der Waals surface area contributed by atoms with E-state index in [9.17, 15) is 0 Å². The molecule has 1 atom stereocenters. The lowest BCUT2D eigenvalue weighted by atomic mass is 10.1.